The Morgan fingerprint density at radius 1 is 0.655 bits per heavy atom. The topological polar surface area (TPSA) is 351 Å². The van der Waals surface area contributed by atoms with Crippen LogP contribution in [0.3, 0.4) is 0 Å². The van der Waals surface area contributed by atoms with Gasteiger partial charge in [0.1, 0.15) is 42.3 Å². The molecule has 0 aromatic rings. The lowest BCUT2D eigenvalue weighted by atomic mass is 10.0. The molecule has 310 valence electrons. The average Bonchev–Trinajstić information content (AvgIpc) is 3.13. The molecule has 0 radical (unpaired) electrons. The molecule has 1 heterocycles. The van der Waals surface area contributed by atoms with Gasteiger partial charge in [0, 0.05) is 11.5 Å². The van der Waals surface area contributed by atoms with Gasteiger partial charge < -0.3 is 64.4 Å². The number of carbonyl (C=O) groups is 10. The van der Waals surface area contributed by atoms with Crippen molar-refractivity contribution in [1.82, 2.24) is 47.9 Å². The van der Waals surface area contributed by atoms with Crippen LogP contribution in [0.2, 0.25) is 0 Å². The maximum Gasteiger partial charge on any atom is 0.245 e. The van der Waals surface area contributed by atoms with Crippen molar-refractivity contribution in [2.24, 2.45) is 17.4 Å². The Labute approximate surface area is 328 Å². The largest absolute Gasteiger partial charge is 0.394 e. The monoisotopic (exact) mass is 819 g/mol. The summed E-state index contributed by atoms with van der Waals surface area (Å²) in [5.74, 6) is -10.2. The maximum absolute atomic E-state index is 13.3. The number of carbonyl (C=O) groups excluding carboxylic acids is 10. The first-order chi connectivity index (χ1) is 25.9. The highest BCUT2D eigenvalue weighted by atomic mass is 32.1. The first-order valence-corrected chi connectivity index (χ1v) is 18.6. The Kier molecular flexibility index (Phi) is 21.7. The van der Waals surface area contributed by atoms with E-state index in [9.17, 15) is 53.1 Å². The van der Waals surface area contributed by atoms with E-state index in [4.69, 9.17) is 11.5 Å². The van der Waals surface area contributed by atoms with Gasteiger partial charge in [0.2, 0.25) is 59.1 Å². The molecule has 1 saturated heterocycles. The summed E-state index contributed by atoms with van der Waals surface area (Å²) < 4.78 is 0. The van der Waals surface area contributed by atoms with E-state index in [0.717, 1.165) is 0 Å². The summed E-state index contributed by atoms with van der Waals surface area (Å²) in [5, 5.41) is 30.9. The molecule has 1 aliphatic rings. The number of hydrogen-bond acceptors (Lipinski definition) is 14. The van der Waals surface area contributed by atoms with Crippen LogP contribution in [-0.2, 0) is 47.9 Å². The summed E-state index contributed by atoms with van der Waals surface area (Å²) in [4.78, 5) is 129. The standard InChI is InChI=1S/C31H53N11O11S2/c1-14(2)24-31(53)35-10-23(46)37-18(11-43)28(50)39-17(8-21(33)44)27(49)38-16(6-4-5-7-32)26(48)34-9-22(45)36-15(3)25(47)40-19(12-54)29(51)41-20(13-55)30(52)42-24/h14-20,24,43,54-55H,4-13,32H2,1-3H3,(H2,33,44)(H,34,48)(H,35,53)(H,36,45)(H,37,46)(H,38,49)(H,39,50)(H,40,47)(H,41,51)(H,42,52)/t15-,16-,17-,18-,19-,20-,24-/m0/s1. The Balaban J connectivity index is 3.47. The molecular weight excluding hydrogens is 767 g/mol. The van der Waals surface area contributed by atoms with Gasteiger partial charge in [-0.25, -0.2) is 0 Å². The van der Waals surface area contributed by atoms with Crippen molar-refractivity contribution in [2.45, 2.75) is 88.7 Å². The zero-order chi connectivity index (χ0) is 41.8. The second-order valence-corrected chi connectivity index (χ2v) is 13.6. The number of nitrogens with two attached hydrogens (primary N) is 2. The van der Waals surface area contributed by atoms with Crippen molar-refractivity contribution in [2.75, 3.05) is 37.7 Å². The highest BCUT2D eigenvalue weighted by Gasteiger charge is 2.33. The summed E-state index contributed by atoms with van der Waals surface area (Å²) in [6, 6.07) is -9.77. The lowest BCUT2D eigenvalue weighted by Gasteiger charge is -2.26. The van der Waals surface area contributed by atoms with E-state index < -0.39 is 133 Å². The van der Waals surface area contributed by atoms with Crippen LogP contribution in [0.5, 0.6) is 0 Å². The van der Waals surface area contributed by atoms with Gasteiger partial charge in [0.25, 0.3) is 0 Å². The number of aliphatic hydroxyl groups is 1. The zero-order valence-electron chi connectivity index (χ0n) is 30.8. The predicted octanol–water partition coefficient (Wildman–Crippen LogP) is -6.84. The molecule has 14 N–H and O–H groups in total. The molecule has 0 unspecified atom stereocenters. The van der Waals surface area contributed by atoms with Crippen LogP contribution < -0.4 is 59.3 Å². The van der Waals surface area contributed by atoms with E-state index in [1.807, 2.05) is 0 Å². The number of amides is 10. The molecule has 10 amide bonds. The molecule has 1 fully saturated rings. The highest BCUT2D eigenvalue weighted by molar-refractivity contribution is 7.80. The second-order valence-electron chi connectivity index (χ2n) is 12.8. The quantitative estimate of drug-likeness (QED) is 0.0723. The molecule has 0 aromatic carbocycles. The second kappa shape index (κ2) is 24.7. The molecule has 0 bridgehead atoms. The molecule has 0 aromatic heterocycles. The molecule has 55 heavy (non-hydrogen) atoms. The van der Waals surface area contributed by atoms with Crippen LogP contribution in [0, 0.1) is 5.92 Å². The van der Waals surface area contributed by atoms with E-state index in [2.05, 4.69) is 73.1 Å². The molecule has 24 heteroatoms. The first-order valence-electron chi connectivity index (χ1n) is 17.4. The Morgan fingerprint density at radius 2 is 1.13 bits per heavy atom. The van der Waals surface area contributed by atoms with Crippen molar-refractivity contribution in [3.05, 3.63) is 0 Å². The Morgan fingerprint density at radius 3 is 1.65 bits per heavy atom. The van der Waals surface area contributed by atoms with E-state index in [-0.39, 0.29) is 24.5 Å². The van der Waals surface area contributed by atoms with Gasteiger partial charge in [-0.15, -0.1) is 0 Å². The third-order valence-electron chi connectivity index (χ3n) is 7.95. The molecular formula is C31H53N11O11S2. The van der Waals surface area contributed by atoms with Crippen LogP contribution in [0.1, 0.15) is 46.5 Å². The lowest BCUT2D eigenvalue weighted by molar-refractivity contribution is -0.136. The van der Waals surface area contributed by atoms with E-state index in [0.29, 0.717) is 12.8 Å². The molecule has 22 nitrogen and oxygen atoms in total. The van der Waals surface area contributed by atoms with E-state index >= 15 is 0 Å². The lowest BCUT2D eigenvalue weighted by Crippen LogP contribution is -2.60. The van der Waals surface area contributed by atoms with Gasteiger partial charge in [-0.05, 0) is 38.6 Å². The molecule has 0 aliphatic carbocycles. The number of aliphatic hydroxyl groups excluding tert-OH is 1. The van der Waals surface area contributed by atoms with Crippen LogP contribution in [0.25, 0.3) is 0 Å². The molecule has 1 rings (SSSR count). The normalized spacial score (nSPS) is 26.5. The first kappa shape index (κ1) is 48.3. The van der Waals surface area contributed by atoms with Crippen LogP contribution >= 0.6 is 25.3 Å². The average molecular weight is 820 g/mol. The summed E-state index contributed by atoms with van der Waals surface area (Å²) in [6.07, 6.45) is 0.0213. The minimum Gasteiger partial charge on any atom is -0.394 e. The summed E-state index contributed by atoms with van der Waals surface area (Å²) in [6.45, 7) is 2.34. The summed E-state index contributed by atoms with van der Waals surface area (Å²) in [5.41, 5.74) is 10.8. The van der Waals surface area contributed by atoms with Gasteiger partial charge >= 0.3 is 0 Å². The highest BCUT2D eigenvalue weighted by Crippen LogP contribution is 2.06. The third kappa shape index (κ3) is 17.1. The number of thiol groups is 2. The van der Waals surface area contributed by atoms with Crippen molar-refractivity contribution in [3.8, 4) is 0 Å². The van der Waals surface area contributed by atoms with Gasteiger partial charge in [0.15, 0.2) is 0 Å². The van der Waals surface area contributed by atoms with Crippen LogP contribution in [0.15, 0.2) is 0 Å². The maximum atomic E-state index is 13.3. The smallest absolute Gasteiger partial charge is 0.245 e. The van der Waals surface area contributed by atoms with Gasteiger partial charge in [-0.3, -0.25) is 47.9 Å². The van der Waals surface area contributed by atoms with Crippen molar-refractivity contribution in [3.63, 3.8) is 0 Å². The molecule has 7 atom stereocenters. The minimum atomic E-state index is -1.69. The Bertz CT molecular complexity index is 1420. The van der Waals surface area contributed by atoms with Crippen molar-refractivity contribution in [1.29, 1.82) is 0 Å². The number of nitrogens with one attached hydrogen (secondary N) is 9. The molecule has 0 spiro atoms. The van der Waals surface area contributed by atoms with E-state index in [1.54, 1.807) is 13.8 Å². The Hall–Kier alpha value is -4.68. The predicted molar refractivity (Wildman–Crippen MR) is 202 cm³/mol. The fourth-order valence-corrected chi connectivity index (χ4v) is 5.34. The van der Waals surface area contributed by atoms with Gasteiger partial charge in [-0.2, -0.15) is 25.3 Å². The van der Waals surface area contributed by atoms with Gasteiger partial charge in [-0.1, -0.05) is 13.8 Å². The molecule has 0 saturated carbocycles. The summed E-state index contributed by atoms with van der Waals surface area (Å²) in [7, 11) is 0. The SMILES string of the molecule is CC(C)[C@@H]1NC(=O)[C@H](CS)NC(=O)[C@H](CS)NC(=O)[C@H](C)NC(=O)CNC(=O)[C@H](CCCCN)NC(=O)[C@H](CC(N)=O)NC(=O)[C@H](CO)NC(=O)CNC1=O. The van der Waals surface area contributed by atoms with Crippen molar-refractivity contribution < 1.29 is 53.1 Å². The summed E-state index contributed by atoms with van der Waals surface area (Å²) >= 11 is 8.22. The molecule has 1 aliphatic heterocycles. The fraction of sp³-hybridized carbons (Fsp3) is 0.677. The number of hydrogen-bond donors (Lipinski definition) is 14. The number of rotatable bonds is 10. The zero-order valence-corrected chi connectivity index (χ0v) is 32.6. The van der Waals surface area contributed by atoms with Gasteiger partial charge in [0.05, 0.1) is 26.1 Å². The third-order valence-corrected chi connectivity index (χ3v) is 8.68. The minimum absolute atomic E-state index is 0.00746. The number of unbranched alkanes of at least 4 members (excludes halogenated alkanes) is 1. The van der Waals surface area contributed by atoms with Crippen molar-refractivity contribution >= 4 is 84.3 Å². The van der Waals surface area contributed by atoms with Crippen LogP contribution in [-0.4, -0.2) is 144 Å². The van der Waals surface area contributed by atoms with E-state index in [1.165, 1.54) is 6.92 Å². The number of primary amides is 1. The fourth-order valence-electron chi connectivity index (χ4n) is 4.83. The van der Waals surface area contributed by atoms with Crippen LogP contribution in [0.4, 0.5) is 0 Å².